The van der Waals surface area contributed by atoms with Gasteiger partial charge in [0.15, 0.2) is 9.84 Å². The van der Waals surface area contributed by atoms with E-state index in [0.29, 0.717) is 33.2 Å². The van der Waals surface area contributed by atoms with E-state index in [4.69, 9.17) is 4.74 Å². The van der Waals surface area contributed by atoms with E-state index in [2.05, 4.69) is 5.10 Å². The van der Waals surface area contributed by atoms with Crippen LogP contribution in [0.2, 0.25) is 0 Å². The molecule has 0 saturated carbocycles. The molecule has 0 amide bonds. The predicted octanol–water partition coefficient (Wildman–Crippen LogP) is 2.58. The maximum atomic E-state index is 13.1. The largest absolute Gasteiger partial charge is 0.462 e. The molecule has 1 heterocycles. The first-order valence-corrected chi connectivity index (χ1v) is 10.5. The van der Waals surface area contributed by atoms with Gasteiger partial charge >= 0.3 is 5.97 Å². The maximum absolute atomic E-state index is 13.1. The zero-order chi connectivity index (χ0) is 20.6. The van der Waals surface area contributed by atoms with Crippen LogP contribution in [-0.4, -0.2) is 37.0 Å². The van der Waals surface area contributed by atoms with Crippen LogP contribution in [0.25, 0.3) is 16.5 Å². The molecular formula is C20H20N2O5S. The molecule has 7 nitrogen and oxygen atoms in total. The minimum atomic E-state index is -3.34. The van der Waals surface area contributed by atoms with Crippen molar-refractivity contribution >= 4 is 26.6 Å². The molecule has 3 aromatic rings. The highest BCUT2D eigenvalue weighted by atomic mass is 32.2. The van der Waals surface area contributed by atoms with Crippen LogP contribution in [0.5, 0.6) is 0 Å². The summed E-state index contributed by atoms with van der Waals surface area (Å²) in [6, 6.07) is 7.63. The first kappa shape index (κ1) is 19.8. The predicted molar refractivity (Wildman–Crippen MR) is 106 cm³/mol. The van der Waals surface area contributed by atoms with E-state index in [-0.39, 0.29) is 11.5 Å². The van der Waals surface area contributed by atoms with Crippen LogP contribution in [0.1, 0.15) is 28.4 Å². The fourth-order valence-electron chi connectivity index (χ4n) is 3.21. The number of carbonyl (C=O) groups is 1. The molecule has 2 aromatic carbocycles. The lowest BCUT2D eigenvalue weighted by Crippen LogP contribution is -2.23. The van der Waals surface area contributed by atoms with Crippen LogP contribution in [0, 0.1) is 13.8 Å². The highest BCUT2D eigenvalue weighted by Gasteiger charge is 2.19. The maximum Gasteiger partial charge on any atom is 0.338 e. The normalized spacial score (nSPS) is 11.6. The third kappa shape index (κ3) is 3.43. The Balaban J connectivity index is 2.23. The van der Waals surface area contributed by atoms with Crippen LogP contribution in [0.3, 0.4) is 0 Å². The molecule has 3 rings (SSSR count). The Hall–Kier alpha value is -3.00. The van der Waals surface area contributed by atoms with Gasteiger partial charge in [0.2, 0.25) is 0 Å². The van der Waals surface area contributed by atoms with Gasteiger partial charge in [-0.25, -0.2) is 13.2 Å². The fourth-order valence-corrected chi connectivity index (χ4v) is 3.85. The number of rotatable bonds is 4. The lowest BCUT2D eigenvalue weighted by atomic mass is 9.97. The van der Waals surface area contributed by atoms with E-state index >= 15 is 0 Å². The molecule has 0 radical (unpaired) electrons. The number of hydrogen-bond acceptors (Lipinski definition) is 6. The number of aryl methyl sites for hydroxylation is 2. The standard InChI is InChI=1S/C20H20N2O5S/c1-5-27-20(24)17-12(2)10-14-11-21-22(19(23)18(14)13(17)3)15-6-8-16(9-7-15)28(4,25)26/h6-11H,5H2,1-4H3. The molecule has 0 spiro atoms. The highest BCUT2D eigenvalue weighted by Crippen LogP contribution is 2.24. The number of benzene rings is 2. The van der Waals surface area contributed by atoms with Crippen LogP contribution in [0.15, 0.2) is 46.2 Å². The highest BCUT2D eigenvalue weighted by molar-refractivity contribution is 7.90. The van der Waals surface area contributed by atoms with Crippen molar-refractivity contribution in [2.75, 3.05) is 12.9 Å². The van der Waals surface area contributed by atoms with Gasteiger partial charge in [0.1, 0.15) is 0 Å². The van der Waals surface area contributed by atoms with E-state index in [1.165, 1.54) is 28.9 Å². The molecule has 0 N–H and O–H groups in total. The third-order valence-corrected chi connectivity index (χ3v) is 5.64. The van der Waals surface area contributed by atoms with E-state index in [1.807, 2.05) is 0 Å². The molecule has 146 valence electrons. The van der Waals surface area contributed by atoms with Gasteiger partial charge in [-0.15, -0.1) is 0 Å². The molecule has 8 heteroatoms. The summed E-state index contributed by atoms with van der Waals surface area (Å²) in [6.45, 7) is 5.46. The molecule has 0 fully saturated rings. The van der Waals surface area contributed by atoms with Crippen molar-refractivity contribution in [3.8, 4) is 5.69 Å². The molecule has 1 aromatic heterocycles. The number of esters is 1. The zero-order valence-corrected chi connectivity index (χ0v) is 16.8. The number of ether oxygens (including phenoxy) is 1. The first-order valence-electron chi connectivity index (χ1n) is 8.65. The Bertz CT molecular complexity index is 1240. The van der Waals surface area contributed by atoms with Gasteiger partial charge < -0.3 is 4.74 Å². The van der Waals surface area contributed by atoms with Crippen molar-refractivity contribution in [3.63, 3.8) is 0 Å². The zero-order valence-electron chi connectivity index (χ0n) is 16.0. The quantitative estimate of drug-likeness (QED) is 0.625. The SMILES string of the molecule is CCOC(=O)c1c(C)cc2cnn(-c3ccc(S(C)(=O)=O)cc3)c(=O)c2c1C. The summed E-state index contributed by atoms with van der Waals surface area (Å²) in [5.41, 5.74) is 1.64. The van der Waals surface area contributed by atoms with Gasteiger partial charge in [0.05, 0.1) is 34.3 Å². The Kier molecular flexibility index (Phi) is 5.08. The van der Waals surface area contributed by atoms with Crippen molar-refractivity contribution in [2.24, 2.45) is 0 Å². The summed E-state index contributed by atoms with van der Waals surface area (Å²) in [5, 5.41) is 5.19. The van der Waals surface area contributed by atoms with E-state index in [1.54, 1.807) is 33.0 Å². The molecule has 0 atom stereocenters. The summed E-state index contributed by atoms with van der Waals surface area (Å²) in [7, 11) is -3.34. The smallest absolute Gasteiger partial charge is 0.338 e. The number of sulfone groups is 1. The average Bonchev–Trinajstić information content (AvgIpc) is 2.61. The second kappa shape index (κ2) is 7.20. The number of carbonyl (C=O) groups excluding carboxylic acids is 1. The minimum absolute atomic E-state index is 0.154. The Morgan fingerprint density at radius 1 is 1.18 bits per heavy atom. The summed E-state index contributed by atoms with van der Waals surface area (Å²) in [5.74, 6) is -0.473. The second-order valence-electron chi connectivity index (χ2n) is 6.51. The summed E-state index contributed by atoms with van der Waals surface area (Å²) in [4.78, 5) is 25.6. The number of fused-ring (bicyclic) bond motifs is 1. The topological polar surface area (TPSA) is 95.3 Å². The van der Waals surface area contributed by atoms with Crippen LogP contribution in [0.4, 0.5) is 0 Å². The molecule has 0 aliphatic rings. The third-order valence-electron chi connectivity index (χ3n) is 4.51. The fraction of sp³-hybridized carbons (Fsp3) is 0.250. The first-order chi connectivity index (χ1) is 13.1. The molecule has 28 heavy (non-hydrogen) atoms. The molecule has 0 bridgehead atoms. The van der Waals surface area contributed by atoms with Crippen LogP contribution < -0.4 is 5.56 Å². The van der Waals surface area contributed by atoms with Gasteiger partial charge in [-0.2, -0.15) is 9.78 Å². The van der Waals surface area contributed by atoms with Gasteiger partial charge in [0.25, 0.3) is 5.56 Å². The Morgan fingerprint density at radius 2 is 1.82 bits per heavy atom. The van der Waals surface area contributed by atoms with Crippen LogP contribution >= 0.6 is 0 Å². The summed E-state index contributed by atoms with van der Waals surface area (Å²) >= 11 is 0. The number of aromatic nitrogens is 2. The van der Waals surface area contributed by atoms with Gasteiger partial charge in [0, 0.05) is 11.6 Å². The Labute approximate surface area is 162 Å². The van der Waals surface area contributed by atoms with Gasteiger partial charge in [-0.05, 0) is 62.2 Å². The number of hydrogen-bond donors (Lipinski definition) is 0. The van der Waals surface area contributed by atoms with Crippen molar-refractivity contribution in [2.45, 2.75) is 25.7 Å². The minimum Gasteiger partial charge on any atom is -0.462 e. The molecular weight excluding hydrogens is 380 g/mol. The Morgan fingerprint density at radius 3 is 2.39 bits per heavy atom. The van der Waals surface area contributed by atoms with E-state index in [9.17, 15) is 18.0 Å². The van der Waals surface area contributed by atoms with E-state index < -0.39 is 21.4 Å². The van der Waals surface area contributed by atoms with Crippen molar-refractivity contribution in [3.05, 3.63) is 63.6 Å². The van der Waals surface area contributed by atoms with Gasteiger partial charge in [-0.3, -0.25) is 4.79 Å². The average molecular weight is 400 g/mol. The second-order valence-corrected chi connectivity index (χ2v) is 8.52. The molecule has 0 unspecified atom stereocenters. The monoisotopic (exact) mass is 400 g/mol. The van der Waals surface area contributed by atoms with Gasteiger partial charge in [-0.1, -0.05) is 0 Å². The van der Waals surface area contributed by atoms with Crippen molar-refractivity contribution < 1.29 is 17.9 Å². The van der Waals surface area contributed by atoms with E-state index in [0.717, 1.165) is 6.26 Å². The molecule has 0 saturated heterocycles. The summed E-state index contributed by atoms with van der Waals surface area (Å²) in [6.07, 6.45) is 2.67. The van der Waals surface area contributed by atoms with Crippen LogP contribution in [-0.2, 0) is 14.6 Å². The van der Waals surface area contributed by atoms with Crippen molar-refractivity contribution in [1.82, 2.24) is 9.78 Å². The molecule has 0 aliphatic carbocycles. The molecule has 0 aliphatic heterocycles. The lowest BCUT2D eigenvalue weighted by molar-refractivity contribution is 0.0525. The number of nitrogens with zero attached hydrogens (tertiary/aromatic N) is 2. The summed E-state index contributed by atoms with van der Waals surface area (Å²) < 4.78 is 29.6. The lowest BCUT2D eigenvalue weighted by Gasteiger charge is -2.13. The van der Waals surface area contributed by atoms with Crippen molar-refractivity contribution in [1.29, 1.82) is 0 Å².